The molecule has 48 valence electrons. The predicted molar refractivity (Wildman–Crippen MR) is 22.7 cm³/mol. The Hall–Kier alpha value is -0.610. The van der Waals surface area contributed by atoms with Crippen LogP contribution < -0.4 is 5.11 Å². The zero-order valence-corrected chi connectivity index (χ0v) is 4.37. The summed E-state index contributed by atoms with van der Waals surface area (Å²) in [6.07, 6.45) is -3.03. The molecule has 4 heteroatoms. The third kappa shape index (κ3) is 1.90. The van der Waals surface area contributed by atoms with E-state index in [9.17, 15) is 9.90 Å². The van der Waals surface area contributed by atoms with E-state index in [-0.39, 0.29) is 0 Å². The maximum absolute atomic E-state index is 9.62. The van der Waals surface area contributed by atoms with Gasteiger partial charge in [0.05, 0.1) is 12.1 Å². The van der Waals surface area contributed by atoms with E-state index in [4.69, 9.17) is 10.2 Å². The molecule has 0 aliphatic carbocycles. The Morgan fingerprint density at radius 2 is 2.00 bits per heavy atom. The second-order valence-corrected chi connectivity index (χ2v) is 1.50. The number of hydrogen-bond acceptors (Lipinski definition) is 4. The molecular formula is C4H7O4-. The van der Waals surface area contributed by atoms with Crippen LogP contribution in [0, 0.1) is 0 Å². The van der Waals surface area contributed by atoms with E-state index < -0.39 is 18.2 Å². The lowest BCUT2D eigenvalue weighted by molar-refractivity contribution is -0.317. The molecule has 0 aliphatic heterocycles. The molecule has 0 heterocycles. The van der Waals surface area contributed by atoms with Crippen LogP contribution in [0.5, 0.6) is 0 Å². The van der Waals surface area contributed by atoms with Crippen molar-refractivity contribution in [2.24, 2.45) is 0 Å². The highest BCUT2D eigenvalue weighted by molar-refractivity contribution is 5.70. The van der Waals surface area contributed by atoms with Crippen molar-refractivity contribution in [1.82, 2.24) is 0 Å². The average Bonchev–Trinajstić information content (AvgIpc) is 1.64. The van der Waals surface area contributed by atoms with Crippen molar-refractivity contribution in [3.63, 3.8) is 0 Å². The van der Waals surface area contributed by atoms with E-state index in [0.29, 0.717) is 0 Å². The molecule has 0 aromatic carbocycles. The van der Waals surface area contributed by atoms with Gasteiger partial charge in [-0.1, -0.05) is 0 Å². The molecular weight excluding hydrogens is 112 g/mol. The summed E-state index contributed by atoms with van der Waals surface area (Å²) >= 11 is 0. The Morgan fingerprint density at radius 3 is 2.00 bits per heavy atom. The molecule has 0 bridgehead atoms. The van der Waals surface area contributed by atoms with Crippen molar-refractivity contribution in [1.29, 1.82) is 0 Å². The molecule has 4 nitrogen and oxygen atoms in total. The summed E-state index contributed by atoms with van der Waals surface area (Å²) in [5, 5.41) is 26.2. The molecule has 0 aromatic rings. The van der Waals surface area contributed by atoms with Gasteiger partial charge in [-0.05, 0) is 6.92 Å². The van der Waals surface area contributed by atoms with Gasteiger partial charge in [-0.3, -0.25) is 0 Å². The van der Waals surface area contributed by atoms with E-state index in [2.05, 4.69) is 0 Å². The first-order chi connectivity index (χ1) is 3.55. The molecule has 0 spiro atoms. The van der Waals surface area contributed by atoms with Crippen molar-refractivity contribution >= 4 is 5.97 Å². The molecule has 0 amide bonds. The normalized spacial score (nSPS) is 17.4. The standard InChI is InChI=1S/C4H8O4/c1-2(5)3(6)4(7)8/h2-3,5-6H,1H3,(H,7,8)/p-1/t2-,3+/m0/s1. The van der Waals surface area contributed by atoms with Crippen LogP contribution in [-0.2, 0) is 4.79 Å². The van der Waals surface area contributed by atoms with Gasteiger partial charge < -0.3 is 20.1 Å². The predicted octanol–water partition coefficient (Wildman–Crippen LogP) is -2.52. The molecule has 0 rings (SSSR count). The molecule has 0 saturated heterocycles. The van der Waals surface area contributed by atoms with Gasteiger partial charge in [0, 0.05) is 0 Å². The third-order valence-corrected chi connectivity index (χ3v) is 0.698. The average molecular weight is 119 g/mol. The minimum atomic E-state index is -1.77. The Bertz CT molecular complexity index is 88.0. The minimum absolute atomic E-state index is 1.17. The second-order valence-electron chi connectivity index (χ2n) is 1.50. The van der Waals surface area contributed by atoms with E-state index in [0.717, 1.165) is 0 Å². The van der Waals surface area contributed by atoms with Crippen LogP contribution in [0.1, 0.15) is 6.92 Å². The van der Waals surface area contributed by atoms with Crippen molar-refractivity contribution in [2.45, 2.75) is 19.1 Å². The monoisotopic (exact) mass is 119 g/mol. The van der Waals surface area contributed by atoms with Gasteiger partial charge in [0.1, 0.15) is 6.10 Å². The first-order valence-corrected chi connectivity index (χ1v) is 2.12. The number of aliphatic carboxylic acids is 1. The maximum atomic E-state index is 9.62. The summed E-state index contributed by atoms with van der Waals surface area (Å²) in [6, 6.07) is 0. The summed E-state index contributed by atoms with van der Waals surface area (Å²) in [7, 11) is 0. The van der Waals surface area contributed by atoms with E-state index in [1.165, 1.54) is 6.92 Å². The highest BCUT2D eigenvalue weighted by Gasteiger charge is 2.09. The summed E-state index contributed by atoms with van der Waals surface area (Å²) in [5.41, 5.74) is 0. The minimum Gasteiger partial charge on any atom is -0.547 e. The van der Waals surface area contributed by atoms with Crippen LogP contribution >= 0.6 is 0 Å². The van der Waals surface area contributed by atoms with E-state index in [1.807, 2.05) is 0 Å². The summed E-state index contributed by atoms with van der Waals surface area (Å²) < 4.78 is 0. The van der Waals surface area contributed by atoms with Crippen molar-refractivity contribution < 1.29 is 20.1 Å². The fraction of sp³-hybridized carbons (Fsp3) is 0.750. The van der Waals surface area contributed by atoms with Crippen LogP contribution in [0.15, 0.2) is 0 Å². The van der Waals surface area contributed by atoms with Gasteiger partial charge >= 0.3 is 0 Å². The molecule has 0 radical (unpaired) electrons. The second kappa shape index (κ2) is 2.64. The van der Waals surface area contributed by atoms with Crippen LogP contribution in [0.3, 0.4) is 0 Å². The lowest BCUT2D eigenvalue weighted by atomic mass is 10.2. The molecule has 2 atom stereocenters. The van der Waals surface area contributed by atoms with Gasteiger partial charge in [-0.25, -0.2) is 0 Å². The lowest BCUT2D eigenvalue weighted by Gasteiger charge is -2.12. The number of aliphatic hydroxyl groups is 2. The molecule has 0 fully saturated rings. The van der Waals surface area contributed by atoms with Crippen molar-refractivity contribution in [3.05, 3.63) is 0 Å². The summed E-state index contributed by atoms with van der Waals surface area (Å²) in [6.45, 7) is 1.17. The Kier molecular flexibility index (Phi) is 2.44. The number of rotatable bonds is 2. The summed E-state index contributed by atoms with van der Waals surface area (Å²) in [4.78, 5) is 9.62. The highest BCUT2D eigenvalue weighted by atomic mass is 16.4. The lowest BCUT2D eigenvalue weighted by Crippen LogP contribution is -2.42. The van der Waals surface area contributed by atoms with Crippen LogP contribution in [0.4, 0.5) is 0 Å². The third-order valence-electron chi connectivity index (χ3n) is 0.698. The van der Waals surface area contributed by atoms with Crippen molar-refractivity contribution in [3.8, 4) is 0 Å². The first kappa shape index (κ1) is 7.39. The Morgan fingerprint density at radius 1 is 1.62 bits per heavy atom. The number of carbonyl (C=O) groups excluding carboxylic acids is 1. The molecule has 2 N–H and O–H groups in total. The van der Waals surface area contributed by atoms with Gasteiger partial charge in [-0.15, -0.1) is 0 Å². The van der Waals surface area contributed by atoms with Crippen LogP contribution in [0.2, 0.25) is 0 Å². The first-order valence-electron chi connectivity index (χ1n) is 2.12. The molecule has 0 aromatic heterocycles. The maximum Gasteiger partial charge on any atom is 0.119 e. The smallest absolute Gasteiger partial charge is 0.119 e. The van der Waals surface area contributed by atoms with E-state index >= 15 is 0 Å². The summed E-state index contributed by atoms with van der Waals surface area (Å²) in [5.74, 6) is -1.65. The van der Waals surface area contributed by atoms with Gasteiger partial charge in [0.15, 0.2) is 0 Å². The fourth-order valence-corrected chi connectivity index (χ4v) is 0.197. The topological polar surface area (TPSA) is 80.6 Å². The molecule has 0 unspecified atom stereocenters. The zero-order chi connectivity index (χ0) is 6.73. The quantitative estimate of drug-likeness (QED) is 0.420. The number of carboxylic acid groups (broad SMARTS) is 1. The van der Waals surface area contributed by atoms with Gasteiger partial charge in [0.2, 0.25) is 0 Å². The largest absolute Gasteiger partial charge is 0.547 e. The van der Waals surface area contributed by atoms with Crippen LogP contribution in [0.25, 0.3) is 0 Å². The number of hydrogen-bond donors (Lipinski definition) is 2. The zero-order valence-electron chi connectivity index (χ0n) is 4.37. The van der Waals surface area contributed by atoms with Crippen LogP contribution in [-0.4, -0.2) is 28.4 Å². The molecule has 0 aliphatic rings. The fourth-order valence-electron chi connectivity index (χ4n) is 0.197. The number of carbonyl (C=O) groups is 1. The molecule has 8 heavy (non-hydrogen) atoms. The van der Waals surface area contributed by atoms with Gasteiger partial charge in [0.25, 0.3) is 0 Å². The molecule has 0 saturated carbocycles. The van der Waals surface area contributed by atoms with Gasteiger partial charge in [-0.2, -0.15) is 0 Å². The Balaban J connectivity index is 3.64. The van der Waals surface area contributed by atoms with Crippen molar-refractivity contribution in [2.75, 3.05) is 0 Å². The van der Waals surface area contributed by atoms with E-state index in [1.54, 1.807) is 0 Å². The SMILES string of the molecule is C[C@H](O)[C@@H](O)C(=O)[O-]. The number of carboxylic acids is 1. The highest BCUT2D eigenvalue weighted by Crippen LogP contribution is 1.87. The number of aliphatic hydroxyl groups excluding tert-OH is 2. The Labute approximate surface area is 46.4 Å².